The molecule has 236 valence electrons. The van der Waals surface area contributed by atoms with Crippen LogP contribution in [0.1, 0.15) is 25.7 Å². The Labute approximate surface area is 310 Å². The molecule has 0 aromatic rings. The molecule has 0 amide bonds. The van der Waals surface area contributed by atoms with Crippen LogP contribution in [0.4, 0.5) is 0 Å². The molecule has 0 aromatic carbocycles. The van der Waals surface area contributed by atoms with Crippen molar-refractivity contribution in [1.29, 1.82) is 0 Å². The molecule has 45 heavy (non-hydrogen) atoms. The standard InChI is InChI=1S/2C16H17Si.2C4H8O.Sm/c2*1-17(2,3)16-14-10-6-4-8-12(14)13-9-5-7-11-15(13)16;2*1-2-4-5-3-1;/h2*4-11H,1-3H3;2*1-4H2;. The van der Waals surface area contributed by atoms with E-state index in [2.05, 4.69) is 136 Å². The Bertz CT molecular complexity index is 996. The van der Waals surface area contributed by atoms with Crippen molar-refractivity contribution in [3.8, 4) is 0 Å². The number of hydrogen-bond acceptors (Lipinski definition) is 2. The summed E-state index contributed by atoms with van der Waals surface area (Å²) in [5, 5.41) is 0. The van der Waals surface area contributed by atoms with E-state index in [-0.39, 0.29) is 40.4 Å². The van der Waals surface area contributed by atoms with Gasteiger partial charge in [0, 0.05) is 114 Å². The third kappa shape index (κ3) is 9.40. The summed E-state index contributed by atoms with van der Waals surface area (Å²) in [4.78, 5) is 0. The van der Waals surface area contributed by atoms with E-state index in [9.17, 15) is 0 Å². The van der Waals surface area contributed by atoms with Gasteiger partial charge in [0.1, 0.15) is 0 Å². The van der Waals surface area contributed by atoms with E-state index in [1.54, 1.807) is 11.1 Å². The van der Waals surface area contributed by atoms with Crippen LogP contribution in [0.5, 0.6) is 0 Å². The molecule has 10 radical (unpaired) electrons. The molecule has 2 saturated carbocycles. The van der Waals surface area contributed by atoms with Gasteiger partial charge in [-0.1, -0.05) is 136 Å². The second kappa shape index (κ2) is 17.3. The van der Waals surface area contributed by atoms with E-state index in [4.69, 9.17) is 9.47 Å². The van der Waals surface area contributed by atoms with Gasteiger partial charge < -0.3 is 9.47 Å². The second-order valence-electron chi connectivity index (χ2n) is 14.1. The van der Waals surface area contributed by atoms with Crippen LogP contribution in [-0.4, -0.2) is 42.6 Å². The molecule has 0 N–H and O–H groups in total. The van der Waals surface area contributed by atoms with Crippen molar-refractivity contribution in [2.45, 2.75) is 65.0 Å². The summed E-state index contributed by atoms with van der Waals surface area (Å²) in [6, 6.07) is 0. The Hall–Kier alpha value is -0.389. The molecule has 2 heterocycles. The minimum atomic E-state index is -1.31. The predicted octanol–water partition coefficient (Wildman–Crippen LogP) is 9.60. The minimum absolute atomic E-state index is 0. The van der Waals surface area contributed by atoms with Crippen LogP contribution in [-0.2, 0) is 9.47 Å². The van der Waals surface area contributed by atoms with Gasteiger partial charge in [-0.05, 0) is 36.8 Å². The van der Waals surface area contributed by atoms with Gasteiger partial charge in [0.05, 0.1) is 16.1 Å². The van der Waals surface area contributed by atoms with Gasteiger partial charge >= 0.3 is 0 Å². The van der Waals surface area contributed by atoms with Crippen LogP contribution < -0.4 is 0 Å². The molecule has 8 aliphatic rings. The summed E-state index contributed by atoms with van der Waals surface area (Å²) in [5.74, 6) is 11.5. The fraction of sp³-hybridized carbons (Fsp3) is 0.350. The summed E-state index contributed by atoms with van der Waals surface area (Å²) in [6.45, 7) is 18.6. The minimum Gasteiger partial charge on any atom is -0.381 e. The van der Waals surface area contributed by atoms with Gasteiger partial charge in [0.2, 0.25) is 0 Å². The largest absolute Gasteiger partial charge is 0.381 e. The van der Waals surface area contributed by atoms with Crippen LogP contribution in [0.15, 0.2) is 97.2 Å². The maximum Gasteiger partial charge on any atom is 0.0533 e. The number of hydrogen-bond donors (Lipinski definition) is 0. The van der Waals surface area contributed by atoms with Crippen molar-refractivity contribution < 1.29 is 49.9 Å². The van der Waals surface area contributed by atoms with Crippen molar-refractivity contribution in [1.82, 2.24) is 0 Å². The number of rotatable bonds is 2. The molecule has 0 atom stereocenters. The molecule has 0 bridgehead atoms. The first-order valence-electron chi connectivity index (χ1n) is 16.5. The maximum atomic E-state index is 4.94. The fourth-order valence-corrected chi connectivity index (χ4v) is 10.8. The van der Waals surface area contributed by atoms with Crippen LogP contribution in [0.25, 0.3) is 0 Å². The molecule has 0 spiro atoms. The third-order valence-electron chi connectivity index (χ3n) is 8.52. The van der Waals surface area contributed by atoms with E-state index in [0.717, 1.165) is 26.4 Å². The molecule has 2 saturated heterocycles. The smallest absolute Gasteiger partial charge is 0.0533 e. The van der Waals surface area contributed by atoms with Gasteiger partial charge in [-0.25, -0.2) is 0 Å². The van der Waals surface area contributed by atoms with Crippen molar-refractivity contribution >= 4 is 16.1 Å². The molecule has 4 fully saturated rings. The topological polar surface area (TPSA) is 18.5 Å². The Kier molecular flexibility index (Phi) is 14.4. The molecule has 0 unspecified atom stereocenters. The molecule has 8 rings (SSSR count). The van der Waals surface area contributed by atoms with Crippen LogP contribution in [0.2, 0.25) is 39.3 Å². The van der Waals surface area contributed by atoms with Crippen LogP contribution in [0.3, 0.4) is 0 Å². The Morgan fingerprint density at radius 3 is 0.711 bits per heavy atom. The van der Waals surface area contributed by atoms with Crippen molar-refractivity contribution in [3.05, 3.63) is 156 Å². The van der Waals surface area contributed by atoms with E-state index in [0.29, 0.717) is 0 Å². The quantitative estimate of drug-likeness (QED) is 0.261. The summed E-state index contributed by atoms with van der Waals surface area (Å²) in [7, 11) is -2.62. The first kappa shape index (κ1) is 37.4. The van der Waals surface area contributed by atoms with Gasteiger partial charge in [0.25, 0.3) is 0 Å². The van der Waals surface area contributed by atoms with Crippen LogP contribution in [0, 0.1) is 98.8 Å². The van der Waals surface area contributed by atoms with E-state index >= 15 is 0 Å². The van der Waals surface area contributed by atoms with Crippen molar-refractivity contribution in [2.75, 3.05) is 26.4 Å². The van der Waals surface area contributed by atoms with Gasteiger partial charge in [-0.3, -0.25) is 0 Å². The zero-order valence-electron chi connectivity index (χ0n) is 28.1. The van der Waals surface area contributed by atoms with E-state index in [1.165, 1.54) is 73.0 Å². The first-order chi connectivity index (χ1) is 21.2. The zero-order valence-corrected chi connectivity index (χ0v) is 32.7. The second-order valence-corrected chi connectivity index (χ2v) is 24.1. The van der Waals surface area contributed by atoms with Gasteiger partial charge in [-0.2, -0.15) is 0 Å². The molecular weight excluding hydrogens is 719 g/mol. The van der Waals surface area contributed by atoms with E-state index in [1.807, 2.05) is 0 Å². The summed E-state index contributed by atoms with van der Waals surface area (Å²) in [5.41, 5.74) is 3.23. The molecule has 6 aliphatic carbocycles. The first-order valence-corrected chi connectivity index (χ1v) is 23.5. The predicted molar refractivity (Wildman–Crippen MR) is 192 cm³/mol. The SMILES string of the molecule is C1CCOC1.C1CCOC1.C[Si](C)(C)[C]1[C]2C=CC=C[C]2[C]2C=CC=C[C]21.C[Si](C)(C)[C]1[C]2C=CC=C[C]2[C]2C=CC=C[C]21.[Sm]. The van der Waals surface area contributed by atoms with Crippen molar-refractivity contribution in [2.24, 2.45) is 0 Å². The summed E-state index contributed by atoms with van der Waals surface area (Å²) < 4.78 is 9.89. The van der Waals surface area contributed by atoms with Crippen LogP contribution >= 0.6 is 0 Å². The Balaban J connectivity index is 0.000000154. The Morgan fingerprint density at radius 2 is 0.556 bits per heavy atom. The molecule has 0 aromatic heterocycles. The van der Waals surface area contributed by atoms with E-state index < -0.39 is 16.1 Å². The molecular formula is C40H50O2Si2Sm. The van der Waals surface area contributed by atoms with Crippen molar-refractivity contribution in [3.63, 3.8) is 0 Å². The molecule has 5 heteroatoms. The summed E-state index contributed by atoms with van der Waals surface area (Å²) >= 11 is 0. The average molecular weight is 769 g/mol. The number of fused-ring (bicyclic) bond motifs is 6. The molecule has 2 nitrogen and oxygen atoms in total. The maximum absolute atomic E-state index is 4.94. The van der Waals surface area contributed by atoms with Gasteiger partial charge in [0.15, 0.2) is 0 Å². The fourth-order valence-electron chi connectivity index (χ4n) is 6.67. The third-order valence-corrected chi connectivity index (χ3v) is 12.6. The zero-order chi connectivity index (χ0) is 31.2. The normalized spacial score (nSPS) is 25.6. The Morgan fingerprint density at radius 1 is 0.356 bits per heavy atom. The number of allylic oxidation sites excluding steroid dienone is 16. The number of ether oxygens (including phenoxy) is 2. The molecule has 2 aliphatic heterocycles. The summed E-state index contributed by atoms with van der Waals surface area (Å²) in [6.07, 6.45) is 40.4. The van der Waals surface area contributed by atoms with Gasteiger partial charge in [-0.15, -0.1) is 0 Å². The average Bonchev–Trinajstić information content (AvgIpc) is 3.84. The monoisotopic (exact) mass is 770 g/mol.